The van der Waals surface area contributed by atoms with Crippen molar-refractivity contribution in [1.82, 2.24) is 10.2 Å². The van der Waals surface area contributed by atoms with Gasteiger partial charge in [0.25, 0.3) is 0 Å². The van der Waals surface area contributed by atoms with Crippen LogP contribution in [0.25, 0.3) is 0 Å². The third-order valence-corrected chi connectivity index (χ3v) is 6.15. The Morgan fingerprint density at radius 1 is 1.20 bits per heavy atom. The Morgan fingerprint density at radius 2 is 1.97 bits per heavy atom. The van der Waals surface area contributed by atoms with Gasteiger partial charge < -0.3 is 25.4 Å². The van der Waals surface area contributed by atoms with Gasteiger partial charge in [0.05, 0.1) is 0 Å². The monoisotopic (exact) mass is 431 g/mol. The quantitative estimate of drug-likeness (QED) is 0.701. The number of primary amides is 1. The van der Waals surface area contributed by atoms with Crippen LogP contribution >= 0.6 is 11.3 Å². The fourth-order valence-electron chi connectivity index (χ4n) is 3.85. The summed E-state index contributed by atoms with van der Waals surface area (Å²) >= 11 is 1.68. The van der Waals surface area contributed by atoms with Gasteiger partial charge in [-0.05, 0) is 73.8 Å². The van der Waals surface area contributed by atoms with Gasteiger partial charge in [0.15, 0.2) is 11.5 Å². The number of rotatable bonds is 7. The van der Waals surface area contributed by atoms with Crippen molar-refractivity contribution in [2.75, 3.05) is 39.4 Å². The fraction of sp³-hybridized carbons (Fsp3) is 0.522. The number of likely N-dealkylation sites (tertiary alicyclic amines) is 1. The van der Waals surface area contributed by atoms with E-state index in [-0.39, 0.29) is 0 Å². The zero-order valence-corrected chi connectivity index (χ0v) is 18.6. The molecule has 0 aliphatic carbocycles. The van der Waals surface area contributed by atoms with Crippen LogP contribution in [0, 0.1) is 5.92 Å². The van der Waals surface area contributed by atoms with Crippen LogP contribution in [0.1, 0.15) is 30.2 Å². The van der Waals surface area contributed by atoms with Crippen LogP contribution < -0.4 is 20.5 Å². The van der Waals surface area contributed by atoms with Crippen LogP contribution in [0.5, 0.6) is 11.5 Å². The zero-order chi connectivity index (χ0) is 21.2. The normalized spacial score (nSPS) is 16.4. The number of benzene rings is 1. The van der Waals surface area contributed by atoms with E-state index in [1.807, 2.05) is 23.6 Å². The number of carbonyl (C=O) groups excluding carboxylic acids is 1. The topological polar surface area (TPSA) is 76.8 Å². The number of ether oxygens (including phenoxy) is 2. The molecule has 1 aromatic heterocycles. The average Bonchev–Trinajstić information content (AvgIpc) is 3.42. The van der Waals surface area contributed by atoms with Gasteiger partial charge in [0.2, 0.25) is 0 Å². The van der Waals surface area contributed by atoms with Crippen molar-refractivity contribution in [2.45, 2.75) is 32.6 Å². The van der Waals surface area contributed by atoms with Gasteiger partial charge in [0.1, 0.15) is 13.2 Å². The largest absolute Gasteiger partial charge is 0.486 e. The molecule has 0 saturated carbocycles. The first-order chi connectivity index (χ1) is 14.6. The van der Waals surface area contributed by atoms with Gasteiger partial charge >= 0.3 is 6.03 Å². The molecule has 1 atom stereocenters. The van der Waals surface area contributed by atoms with Crippen molar-refractivity contribution < 1.29 is 14.3 Å². The molecule has 2 aliphatic heterocycles. The highest BCUT2D eigenvalue weighted by Crippen LogP contribution is 2.31. The van der Waals surface area contributed by atoms with Crippen molar-refractivity contribution in [1.29, 1.82) is 0 Å². The summed E-state index contributed by atoms with van der Waals surface area (Å²) in [5.74, 6) is 2.50. The Morgan fingerprint density at radius 3 is 2.67 bits per heavy atom. The maximum atomic E-state index is 10.2. The molecule has 7 heteroatoms. The molecule has 0 spiro atoms. The number of carbonyl (C=O) groups is 1. The highest BCUT2D eigenvalue weighted by molar-refractivity contribution is 7.09. The standard InChI is InChI=1S/C16H23NO2.C7H10N2OS/c1-13(12-17-6-2-3-7-17)10-14-4-5-15-16(11-14)19-9-8-18-15;8-7(10)9-4-3-6-2-1-5-11-6/h4-5,11,13H,2-3,6-10,12H2,1H3;1-2,5H,3-4H2,(H3,8,9,10). The summed E-state index contributed by atoms with van der Waals surface area (Å²) in [5, 5.41) is 4.54. The van der Waals surface area contributed by atoms with E-state index in [4.69, 9.17) is 15.2 Å². The van der Waals surface area contributed by atoms with Crippen molar-refractivity contribution in [3.63, 3.8) is 0 Å². The second-order valence-electron chi connectivity index (χ2n) is 7.92. The van der Waals surface area contributed by atoms with Gasteiger partial charge in [0, 0.05) is 18.0 Å². The summed E-state index contributed by atoms with van der Waals surface area (Å²) in [6.45, 7) is 8.08. The molecule has 0 radical (unpaired) electrons. The van der Waals surface area contributed by atoms with Gasteiger partial charge in [-0.2, -0.15) is 0 Å². The second kappa shape index (κ2) is 11.8. The van der Waals surface area contributed by atoms with Gasteiger partial charge in [-0.15, -0.1) is 11.3 Å². The van der Waals surface area contributed by atoms with Crippen LogP contribution in [0.15, 0.2) is 35.7 Å². The second-order valence-corrected chi connectivity index (χ2v) is 8.95. The summed E-state index contributed by atoms with van der Waals surface area (Å²) in [7, 11) is 0. The molecule has 1 unspecified atom stereocenters. The highest BCUT2D eigenvalue weighted by atomic mass is 32.1. The molecule has 2 aliphatic rings. The smallest absolute Gasteiger partial charge is 0.312 e. The Balaban J connectivity index is 0.000000199. The lowest BCUT2D eigenvalue weighted by atomic mass is 10.00. The van der Waals surface area contributed by atoms with E-state index >= 15 is 0 Å². The highest BCUT2D eigenvalue weighted by Gasteiger charge is 2.16. The predicted octanol–water partition coefficient (Wildman–Crippen LogP) is 3.69. The van der Waals surface area contributed by atoms with E-state index in [2.05, 4.69) is 29.3 Å². The molecule has 1 fully saturated rings. The Bertz CT molecular complexity index is 776. The molecular formula is C23H33N3O3S. The lowest BCUT2D eigenvalue weighted by Crippen LogP contribution is -2.30. The minimum absolute atomic E-state index is 0.457. The summed E-state index contributed by atoms with van der Waals surface area (Å²) in [6.07, 6.45) is 4.72. The summed E-state index contributed by atoms with van der Waals surface area (Å²) < 4.78 is 11.2. The molecular weight excluding hydrogens is 398 g/mol. The van der Waals surface area contributed by atoms with Crippen molar-refractivity contribution in [2.24, 2.45) is 11.7 Å². The fourth-order valence-corrected chi connectivity index (χ4v) is 4.56. The molecule has 164 valence electrons. The van der Waals surface area contributed by atoms with Crippen LogP contribution in [0.2, 0.25) is 0 Å². The molecule has 4 rings (SSSR count). The molecule has 2 amide bonds. The molecule has 1 aromatic carbocycles. The maximum absolute atomic E-state index is 10.2. The number of nitrogens with one attached hydrogen (secondary N) is 1. The number of hydrogen-bond donors (Lipinski definition) is 2. The Kier molecular flexibility index (Phi) is 8.83. The molecule has 3 N–H and O–H groups in total. The number of fused-ring (bicyclic) bond motifs is 1. The number of amides is 2. The molecule has 1 saturated heterocycles. The number of nitrogens with zero attached hydrogens (tertiary/aromatic N) is 1. The van der Waals surface area contributed by atoms with E-state index in [0.29, 0.717) is 25.7 Å². The number of thiophene rings is 1. The van der Waals surface area contributed by atoms with Crippen LogP contribution in [0.3, 0.4) is 0 Å². The Labute approximate surface area is 183 Å². The third kappa shape index (κ3) is 7.54. The molecule has 30 heavy (non-hydrogen) atoms. The summed E-state index contributed by atoms with van der Waals surface area (Å²) in [5.41, 5.74) is 6.24. The first-order valence-electron chi connectivity index (χ1n) is 10.8. The van der Waals surface area contributed by atoms with E-state index in [1.165, 1.54) is 42.9 Å². The zero-order valence-electron chi connectivity index (χ0n) is 17.8. The molecule has 0 bridgehead atoms. The first-order valence-corrected chi connectivity index (χ1v) is 11.6. The Hall–Kier alpha value is -2.25. The number of urea groups is 1. The van der Waals surface area contributed by atoms with Gasteiger partial charge in [-0.25, -0.2) is 4.79 Å². The van der Waals surface area contributed by atoms with E-state index < -0.39 is 6.03 Å². The van der Waals surface area contributed by atoms with Crippen molar-refractivity contribution >= 4 is 17.4 Å². The lowest BCUT2D eigenvalue weighted by Gasteiger charge is -2.22. The van der Waals surface area contributed by atoms with Crippen LogP contribution in [0.4, 0.5) is 4.79 Å². The molecule has 6 nitrogen and oxygen atoms in total. The van der Waals surface area contributed by atoms with E-state index in [0.717, 1.165) is 24.3 Å². The summed E-state index contributed by atoms with van der Waals surface area (Å²) in [6, 6.07) is 9.94. The third-order valence-electron chi connectivity index (χ3n) is 5.21. The van der Waals surface area contributed by atoms with Crippen LogP contribution in [-0.4, -0.2) is 50.3 Å². The number of hydrogen-bond acceptors (Lipinski definition) is 5. The molecule has 2 aromatic rings. The average molecular weight is 432 g/mol. The number of nitrogens with two attached hydrogens (primary N) is 1. The van der Waals surface area contributed by atoms with Crippen LogP contribution in [-0.2, 0) is 12.8 Å². The molecule has 3 heterocycles. The lowest BCUT2D eigenvalue weighted by molar-refractivity contribution is 0.171. The van der Waals surface area contributed by atoms with E-state index in [1.54, 1.807) is 11.3 Å². The van der Waals surface area contributed by atoms with Gasteiger partial charge in [-0.3, -0.25) is 0 Å². The first kappa shape index (κ1) is 22.4. The SMILES string of the molecule is CC(Cc1ccc2c(c1)OCCO2)CN1CCCC1.NC(=O)NCCc1cccs1. The minimum Gasteiger partial charge on any atom is -0.486 e. The van der Waals surface area contributed by atoms with Gasteiger partial charge in [-0.1, -0.05) is 19.1 Å². The van der Waals surface area contributed by atoms with Crippen molar-refractivity contribution in [3.8, 4) is 11.5 Å². The summed E-state index contributed by atoms with van der Waals surface area (Å²) in [4.78, 5) is 14.1. The minimum atomic E-state index is -0.457. The predicted molar refractivity (Wildman–Crippen MR) is 122 cm³/mol. The maximum Gasteiger partial charge on any atom is 0.312 e. The van der Waals surface area contributed by atoms with E-state index in [9.17, 15) is 4.79 Å². The van der Waals surface area contributed by atoms with Crippen molar-refractivity contribution in [3.05, 3.63) is 46.2 Å².